The smallest absolute Gasteiger partial charge is 0.312 e. The number of benzene rings is 1. The van der Waals surface area contributed by atoms with E-state index in [1.54, 1.807) is 0 Å². The number of aryl methyl sites for hydroxylation is 1. The molecule has 0 unspecified atom stereocenters. The van der Waals surface area contributed by atoms with Gasteiger partial charge in [0.2, 0.25) is 0 Å². The van der Waals surface area contributed by atoms with Crippen LogP contribution in [0.25, 0.3) is 0 Å². The SMILES string of the molecule is Cc1nc(CC(=O)OCC(=O)Nc2c(C(C)C)cccc2C(C)C)cs1. The van der Waals surface area contributed by atoms with Crippen LogP contribution in [0.1, 0.15) is 61.4 Å². The van der Waals surface area contributed by atoms with Gasteiger partial charge in [0, 0.05) is 11.1 Å². The molecule has 140 valence electrons. The van der Waals surface area contributed by atoms with Gasteiger partial charge in [-0.25, -0.2) is 4.98 Å². The maximum atomic E-state index is 12.3. The zero-order chi connectivity index (χ0) is 19.3. The van der Waals surface area contributed by atoms with Crippen molar-refractivity contribution in [2.24, 2.45) is 0 Å². The summed E-state index contributed by atoms with van der Waals surface area (Å²) in [6.45, 7) is 9.93. The Kier molecular flexibility index (Phi) is 6.91. The van der Waals surface area contributed by atoms with Crippen molar-refractivity contribution in [2.45, 2.75) is 52.9 Å². The van der Waals surface area contributed by atoms with Crippen molar-refractivity contribution in [1.29, 1.82) is 0 Å². The molecular formula is C20H26N2O3S. The number of carbonyl (C=O) groups excluding carboxylic acids is 2. The molecule has 1 heterocycles. The normalized spacial score (nSPS) is 11.0. The predicted molar refractivity (Wildman–Crippen MR) is 105 cm³/mol. The molecule has 6 heteroatoms. The fraction of sp³-hybridized carbons (Fsp3) is 0.450. The standard InChI is InChI=1S/C20H26N2O3S/c1-12(2)16-7-6-8-17(13(3)4)20(16)22-18(23)10-25-19(24)9-15-11-26-14(5)21-15/h6-8,11-13H,9-10H2,1-5H3,(H,22,23). The first-order chi connectivity index (χ1) is 12.3. The topological polar surface area (TPSA) is 68.3 Å². The minimum Gasteiger partial charge on any atom is -0.455 e. The first kappa shape index (κ1) is 20.1. The molecular weight excluding hydrogens is 348 g/mol. The molecule has 0 fully saturated rings. The highest BCUT2D eigenvalue weighted by atomic mass is 32.1. The third kappa shape index (κ3) is 5.39. The van der Waals surface area contributed by atoms with Crippen LogP contribution in [0, 0.1) is 6.92 Å². The van der Waals surface area contributed by atoms with Crippen molar-refractivity contribution in [2.75, 3.05) is 11.9 Å². The number of nitrogens with one attached hydrogen (secondary N) is 1. The van der Waals surface area contributed by atoms with Gasteiger partial charge in [0.25, 0.3) is 5.91 Å². The quantitative estimate of drug-likeness (QED) is 0.728. The molecule has 0 spiro atoms. The van der Waals surface area contributed by atoms with Crippen molar-refractivity contribution in [3.63, 3.8) is 0 Å². The number of thiazole rings is 1. The van der Waals surface area contributed by atoms with Crippen molar-refractivity contribution >= 4 is 28.9 Å². The van der Waals surface area contributed by atoms with Gasteiger partial charge in [-0.15, -0.1) is 11.3 Å². The molecule has 0 radical (unpaired) electrons. The summed E-state index contributed by atoms with van der Waals surface area (Å²) in [6.07, 6.45) is 0.0808. The molecule has 0 bridgehead atoms. The maximum absolute atomic E-state index is 12.3. The van der Waals surface area contributed by atoms with Crippen LogP contribution in [0.5, 0.6) is 0 Å². The third-order valence-corrected chi connectivity index (χ3v) is 4.82. The molecule has 0 atom stereocenters. The van der Waals surface area contributed by atoms with Crippen LogP contribution in [-0.2, 0) is 20.7 Å². The molecule has 0 saturated heterocycles. The minimum atomic E-state index is -0.452. The van der Waals surface area contributed by atoms with Gasteiger partial charge in [-0.2, -0.15) is 0 Å². The summed E-state index contributed by atoms with van der Waals surface area (Å²) < 4.78 is 5.10. The van der Waals surface area contributed by atoms with E-state index in [1.807, 2.05) is 30.5 Å². The first-order valence-electron chi connectivity index (χ1n) is 8.77. The van der Waals surface area contributed by atoms with Crippen LogP contribution in [0.15, 0.2) is 23.6 Å². The number of rotatable bonds is 7. The predicted octanol–water partition coefficient (Wildman–Crippen LogP) is 4.42. The van der Waals surface area contributed by atoms with Crippen LogP contribution in [-0.4, -0.2) is 23.5 Å². The molecule has 2 rings (SSSR count). The molecule has 0 aliphatic rings. The van der Waals surface area contributed by atoms with Crippen molar-refractivity contribution in [3.05, 3.63) is 45.4 Å². The van der Waals surface area contributed by atoms with E-state index in [4.69, 9.17) is 4.74 Å². The summed E-state index contributed by atoms with van der Waals surface area (Å²) >= 11 is 1.48. The van der Waals surface area contributed by atoms with Gasteiger partial charge in [-0.3, -0.25) is 9.59 Å². The molecule has 2 aromatic rings. The van der Waals surface area contributed by atoms with Gasteiger partial charge in [-0.1, -0.05) is 45.9 Å². The van der Waals surface area contributed by atoms with E-state index in [0.29, 0.717) is 5.69 Å². The fourth-order valence-corrected chi connectivity index (χ4v) is 3.32. The Morgan fingerprint density at radius 1 is 1.15 bits per heavy atom. The lowest BCUT2D eigenvalue weighted by molar-refractivity contribution is -0.146. The van der Waals surface area contributed by atoms with Crippen LogP contribution >= 0.6 is 11.3 Å². The molecule has 1 N–H and O–H groups in total. The molecule has 5 nitrogen and oxygen atoms in total. The molecule has 1 amide bonds. The number of amides is 1. The second kappa shape index (κ2) is 8.94. The van der Waals surface area contributed by atoms with Gasteiger partial charge < -0.3 is 10.1 Å². The van der Waals surface area contributed by atoms with E-state index in [9.17, 15) is 9.59 Å². The molecule has 1 aromatic heterocycles. The Labute approximate surface area is 158 Å². The van der Waals surface area contributed by atoms with Crippen molar-refractivity contribution in [3.8, 4) is 0 Å². The van der Waals surface area contributed by atoms with Gasteiger partial charge in [-0.05, 0) is 29.9 Å². The van der Waals surface area contributed by atoms with Gasteiger partial charge in [0.1, 0.15) is 0 Å². The van der Waals surface area contributed by atoms with Gasteiger partial charge in [0.05, 0.1) is 17.1 Å². The zero-order valence-corrected chi connectivity index (χ0v) is 16.8. The summed E-state index contributed by atoms with van der Waals surface area (Å²) in [4.78, 5) is 28.4. The van der Waals surface area contributed by atoms with Gasteiger partial charge >= 0.3 is 5.97 Å². The number of anilines is 1. The molecule has 26 heavy (non-hydrogen) atoms. The van der Waals surface area contributed by atoms with Crippen molar-refractivity contribution in [1.82, 2.24) is 4.98 Å². The third-order valence-electron chi connectivity index (χ3n) is 3.99. The van der Waals surface area contributed by atoms with E-state index in [-0.39, 0.29) is 30.8 Å². The van der Waals surface area contributed by atoms with Crippen molar-refractivity contribution < 1.29 is 14.3 Å². The Morgan fingerprint density at radius 2 is 1.77 bits per heavy atom. The lowest BCUT2D eigenvalue weighted by atomic mass is 9.92. The van der Waals surface area contributed by atoms with Crippen LogP contribution in [0.2, 0.25) is 0 Å². The molecule has 0 aliphatic heterocycles. The number of ether oxygens (including phenoxy) is 1. The van der Waals surface area contributed by atoms with E-state index >= 15 is 0 Å². The molecule has 0 saturated carbocycles. The lowest BCUT2D eigenvalue weighted by Crippen LogP contribution is -2.23. The summed E-state index contributed by atoms with van der Waals surface area (Å²) in [5.74, 6) is -0.228. The van der Waals surface area contributed by atoms with Crippen LogP contribution in [0.3, 0.4) is 0 Å². The van der Waals surface area contributed by atoms with Crippen LogP contribution < -0.4 is 5.32 Å². The second-order valence-electron chi connectivity index (χ2n) is 6.86. The number of nitrogens with zero attached hydrogens (tertiary/aromatic N) is 1. The van der Waals surface area contributed by atoms with Crippen LogP contribution in [0.4, 0.5) is 5.69 Å². The Bertz CT molecular complexity index is 755. The Balaban J connectivity index is 2.00. The Morgan fingerprint density at radius 3 is 2.27 bits per heavy atom. The monoisotopic (exact) mass is 374 g/mol. The fourth-order valence-electron chi connectivity index (χ4n) is 2.71. The largest absolute Gasteiger partial charge is 0.455 e. The van der Waals surface area contributed by atoms with Gasteiger partial charge in [0.15, 0.2) is 6.61 Å². The summed E-state index contributed by atoms with van der Waals surface area (Å²) in [7, 11) is 0. The maximum Gasteiger partial charge on any atom is 0.312 e. The zero-order valence-electron chi connectivity index (χ0n) is 16.0. The lowest BCUT2D eigenvalue weighted by Gasteiger charge is -2.20. The highest BCUT2D eigenvalue weighted by Gasteiger charge is 2.17. The molecule has 0 aliphatic carbocycles. The summed E-state index contributed by atoms with van der Waals surface area (Å²) in [5, 5.41) is 5.66. The average Bonchev–Trinajstić information content (AvgIpc) is 2.97. The minimum absolute atomic E-state index is 0.0808. The number of hydrogen-bond donors (Lipinski definition) is 1. The van der Waals surface area contributed by atoms with E-state index in [2.05, 4.69) is 38.0 Å². The number of esters is 1. The second-order valence-corrected chi connectivity index (χ2v) is 7.93. The highest BCUT2D eigenvalue weighted by Crippen LogP contribution is 2.32. The summed E-state index contributed by atoms with van der Waals surface area (Å²) in [6, 6.07) is 6.04. The number of para-hydroxylation sites is 1. The number of carbonyl (C=O) groups is 2. The Hall–Kier alpha value is -2.21. The first-order valence-corrected chi connectivity index (χ1v) is 9.65. The summed E-state index contributed by atoms with van der Waals surface area (Å²) in [5.41, 5.74) is 3.65. The number of hydrogen-bond acceptors (Lipinski definition) is 5. The number of aromatic nitrogens is 1. The molecule has 1 aromatic carbocycles. The average molecular weight is 375 g/mol. The van der Waals surface area contributed by atoms with E-state index in [1.165, 1.54) is 11.3 Å². The van der Waals surface area contributed by atoms with E-state index < -0.39 is 5.97 Å². The highest BCUT2D eigenvalue weighted by molar-refractivity contribution is 7.09. The van der Waals surface area contributed by atoms with E-state index in [0.717, 1.165) is 21.8 Å².